The number of hydrogen-bond acceptors (Lipinski definition) is 6. The van der Waals surface area contributed by atoms with E-state index in [1.54, 1.807) is 6.20 Å². The summed E-state index contributed by atoms with van der Waals surface area (Å²) in [5.74, 6) is 0.530. The van der Waals surface area contributed by atoms with Gasteiger partial charge >= 0.3 is 0 Å². The van der Waals surface area contributed by atoms with Crippen LogP contribution >= 0.6 is 0 Å². The van der Waals surface area contributed by atoms with E-state index in [0.29, 0.717) is 25.4 Å². The van der Waals surface area contributed by atoms with Gasteiger partial charge < -0.3 is 19.2 Å². The van der Waals surface area contributed by atoms with Gasteiger partial charge in [-0.05, 0) is 25.5 Å². The highest BCUT2D eigenvalue weighted by Gasteiger charge is 2.30. The standard InChI is InChI=1S/C15H17N3O4/c1-10-2-3-11(6-17-10)22-14-8-20-5-4-12(14)18-15(19)13-7-16-9-21-13/h2-3,6-7,9,12,14H,4-5,8H2,1H3,(H,18,19)/t12-,14+/m1/s1. The number of aryl methyl sites for hydroxylation is 1. The van der Waals surface area contributed by atoms with Crippen molar-refractivity contribution in [3.8, 4) is 5.75 Å². The summed E-state index contributed by atoms with van der Waals surface area (Å²) < 4.78 is 16.3. The fraction of sp³-hybridized carbons (Fsp3) is 0.400. The van der Waals surface area contributed by atoms with Gasteiger partial charge in [-0.25, -0.2) is 4.98 Å². The first-order valence-corrected chi connectivity index (χ1v) is 7.09. The maximum Gasteiger partial charge on any atom is 0.289 e. The molecule has 2 atom stereocenters. The van der Waals surface area contributed by atoms with Crippen molar-refractivity contribution in [3.05, 3.63) is 42.4 Å². The van der Waals surface area contributed by atoms with E-state index in [9.17, 15) is 4.79 Å². The number of amides is 1. The van der Waals surface area contributed by atoms with E-state index in [0.717, 1.165) is 5.69 Å². The van der Waals surface area contributed by atoms with E-state index in [-0.39, 0.29) is 23.8 Å². The number of ether oxygens (including phenoxy) is 2. The summed E-state index contributed by atoms with van der Waals surface area (Å²) in [6, 6.07) is 3.57. The third-order valence-electron chi connectivity index (χ3n) is 3.45. The van der Waals surface area contributed by atoms with Gasteiger partial charge in [-0.15, -0.1) is 0 Å². The second-order valence-electron chi connectivity index (χ2n) is 5.10. The zero-order valence-corrected chi connectivity index (χ0v) is 12.2. The molecule has 22 heavy (non-hydrogen) atoms. The molecule has 0 aliphatic carbocycles. The molecule has 0 bridgehead atoms. The second-order valence-corrected chi connectivity index (χ2v) is 5.10. The number of carbonyl (C=O) groups is 1. The Morgan fingerprint density at radius 2 is 2.32 bits per heavy atom. The summed E-state index contributed by atoms with van der Waals surface area (Å²) in [6.45, 7) is 2.90. The lowest BCUT2D eigenvalue weighted by atomic mass is 10.1. The van der Waals surface area contributed by atoms with Crippen LogP contribution in [0.3, 0.4) is 0 Å². The molecule has 1 saturated heterocycles. The SMILES string of the molecule is Cc1ccc(O[C@H]2COCC[C@H]2NC(=O)c2cnco2)cn1. The Kier molecular flexibility index (Phi) is 4.34. The van der Waals surface area contributed by atoms with Crippen molar-refractivity contribution in [1.29, 1.82) is 0 Å². The molecule has 1 aliphatic rings. The third-order valence-corrected chi connectivity index (χ3v) is 3.45. The Labute approximate surface area is 127 Å². The van der Waals surface area contributed by atoms with Gasteiger partial charge in [0.1, 0.15) is 11.9 Å². The molecule has 0 radical (unpaired) electrons. The topological polar surface area (TPSA) is 86.5 Å². The first kappa shape index (κ1) is 14.5. The average molecular weight is 303 g/mol. The van der Waals surface area contributed by atoms with Crippen LogP contribution in [0.25, 0.3) is 0 Å². The number of oxazole rings is 1. The molecule has 0 spiro atoms. The number of rotatable bonds is 4. The molecule has 0 unspecified atom stereocenters. The van der Waals surface area contributed by atoms with Crippen LogP contribution < -0.4 is 10.1 Å². The number of nitrogens with one attached hydrogen (secondary N) is 1. The van der Waals surface area contributed by atoms with Crippen LogP contribution in [-0.4, -0.2) is 41.2 Å². The maximum atomic E-state index is 12.1. The highest BCUT2D eigenvalue weighted by atomic mass is 16.5. The maximum absolute atomic E-state index is 12.1. The predicted octanol–water partition coefficient (Wildman–Crippen LogP) is 1.34. The van der Waals surface area contributed by atoms with Crippen LogP contribution in [-0.2, 0) is 4.74 Å². The lowest BCUT2D eigenvalue weighted by molar-refractivity contribution is -0.0138. The van der Waals surface area contributed by atoms with Gasteiger partial charge in [0.2, 0.25) is 5.76 Å². The molecular weight excluding hydrogens is 286 g/mol. The van der Waals surface area contributed by atoms with E-state index in [1.165, 1.54) is 12.6 Å². The molecule has 7 heteroatoms. The van der Waals surface area contributed by atoms with Crippen LogP contribution in [0.2, 0.25) is 0 Å². The van der Waals surface area contributed by atoms with E-state index < -0.39 is 0 Å². The molecule has 1 amide bonds. The van der Waals surface area contributed by atoms with Crippen molar-refractivity contribution >= 4 is 5.91 Å². The summed E-state index contributed by atoms with van der Waals surface area (Å²) >= 11 is 0. The van der Waals surface area contributed by atoms with Gasteiger partial charge in [-0.3, -0.25) is 9.78 Å². The lowest BCUT2D eigenvalue weighted by Crippen LogP contribution is -2.51. The number of pyridine rings is 1. The van der Waals surface area contributed by atoms with Crippen molar-refractivity contribution in [2.45, 2.75) is 25.5 Å². The molecule has 3 heterocycles. The predicted molar refractivity (Wildman–Crippen MR) is 76.6 cm³/mol. The Bertz CT molecular complexity index is 612. The zero-order chi connectivity index (χ0) is 15.4. The van der Waals surface area contributed by atoms with Crippen LogP contribution in [0, 0.1) is 6.92 Å². The first-order valence-electron chi connectivity index (χ1n) is 7.09. The Balaban J connectivity index is 1.65. The highest BCUT2D eigenvalue weighted by Crippen LogP contribution is 2.17. The van der Waals surface area contributed by atoms with Crippen molar-refractivity contribution in [2.75, 3.05) is 13.2 Å². The Morgan fingerprint density at radius 1 is 1.41 bits per heavy atom. The molecule has 1 fully saturated rings. The van der Waals surface area contributed by atoms with Crippen molar-refractivity contribution in [3.63, 3.8) is 0 Å². The first-order chi connectivity index (χ1) is 10.7. The minimum atomic E-state index is -0.306. The van der Waals surface area contributed by atoms with Crippen LogP contribution in [0.1, 0.15) is 22.7 Å². The van der Waals surface area contributed by atoms with E-state index in [1.807, 2.05) is 19.1 Å². The molecule has 2 aromatic heterocycles. The van der Waals surface area contributed by atoms with E-state index in [4.69, 9.17) is 13.9 Å². The summed E-state index contributed by atoms with van der Waals surface area (Å²) in [4.78, 5) is 20.0. The molecule has 2 aromatic rings. The number of carbonyl (C=O) groups excluding carboxylic acids is 1. The molecular formula is C15H17N3O4. The molecule has 1 N–H and O–H groups in total. The monoisotopic (exact) mass is 303 g/mol. The van der Waals surface area contributed by atoms with Crippen molar-refractivity contribution in [2.24, 2.45) is 0 Å². The number of hydrogen-bond donors (Lipinski definition) is 1. The molecule has 0 aromatic carbocycles. The van der Waals surface area contributed by atoms with Gasteiger partial charge in [0.05, 0.1) is 25.0 Å². The summed E-state index contributed by atoms with van der Waals surface area (Å²) in [6.07, 6.45) is 4.67. The average Bonchev–Trinajstić information content (AvgIpc) is 3.06. The van der Waals surface area contributed by atoms with Gasteiger partial charge in [-0.2, -0.15) is 0 Å². The van der Waals surface area contributed by atoms with Gasteiger partial charge in [-0.1, -0.05) is 0 Å². The van der Waals surface area contributed by atoms with Gasteiger partial charge in [0, 0.05) is 12.3 Å². The number of nitrogens with zero attached hydrogens (tertiary/aromatic N) is 2. The molecule has 1 aliphatic heterocycles. The molecule has 3 rings (SSSR count). The van der Waals surface area contributed by atoms with Crippen LogP contribution in [0.5, 0.6) is 5.75 Å². The number of aromatic nitrogens is 2. The Hall–Kier alpha value is -2.41. The molecule has 116 valence electrons. The highest BCUT2D eigenvalue weighted by molar-refractivity contribution is 5.91. The van der Waals surface area contributed by atoms with E-state index in [2.05, 4.69) is 15.3 Å². The smallest absolute Gasteiger partial charge is 0.289 e. The Morgan fingerprint density at radius 3 is 3.05 bits per heavy atom. The zero-order valence-electron chi connectivity index (χ0n) is 12.2. The summed E-state index contributed by atoms with van der Waals surface area (Å²) in [7, 11) is 0. The normalized spacial score (nSPS) is 21.3. The van der Waals surface area contributed by atoms with Crippen molar-refractivity contribution < 1.29 is 18.7 Å². The second kappa shape index (κ2) is 6.57. The molecule has 0 saturated carbocycles. The minimum absolute atomic E-state index is 0.160. The van der Waals surface area contributed by atoms with Crippen molar-refractivity contribution in [1.82, 2.24) is 15.3 Å². The third kappa shape index (κ3) is 3.43. The minimum Gasteiger partial charge on any atom is -0.484 e. The van der Waals surface area contributed by atoms with Crippen LogP contribution in [0.4, 0.5) is 0 Å². The van der Waals surface area contributed by atoms with E-state index >= 15 is 0 Å². The summed E-state index contributed by atoms with van der Waals surface area (Å²) in [5, 5.41) is 2.90. The fourth-order valence-electron chi connectivity index (χ4n) is 2.26. The largest absolute Gasteiger partial charge is 0.484 e. The van der Waals surface area contributed by atoms with Gasteiger partial charge in [0.15, 0.2) is 6.39 Å². The van der Waals surface area contributed by atoms with Crippen LogP contribution in [0.15, 0.2) is 35.3 Å². The fourth-order valence-corrected chi connectivity index (χ4v) is 2.26. The molecule has 7 nitrogen and oxygen atoms in total. The van der Waals surface area contributed by atoms with Gasteiger partial charge in [0.25, 0.3) is 5.91 Å². The quantitative estimate of drug-likeness (QED) is 0.917. The summed E-state index contributed by atoms with van der Waals surface area (Å²) in [5.41, 5.74) is 0.919. The lowest BCUT2D eigenvalue weighted by Gasteiger charge is -2.32.